The first-order valence-electron chi connectivity index (χ1n) is 7.22. The number of nitrogens with zero attached hydrogens (tertiary/aromatic N) is 3. The van der Waals surface area contributed by atoms with Gasteiger partial charge in [-0.2, -0.15) is 4.91 Å². The average molecular weight is 268 g/mol. The van der Waals surface area contributed by atoms with Gasteiger partial charge in [0, 0.05) is 32.2 Å². The van der Waals surface area contributed by atoms with Crippen LogP contribution in [-0.2, 0) is 4.79 Å². The summed E-state index contributed by atoms with van der Waals surface area (Å²) >= 11 is 0. The summed E-state index contributed by atoms with van der Waals surface area (Å²) in [5.41, 5.74) is 5.63. The maximum Gasteiger partial charge on any atom is 0.239 e. The van der Waals surface area contributed by atoms with Crippen molar-refractivity contribution >= 4 is 5.91 Å². The zero-order chi connectivity index (χ0) is 13.8. The van der Waals surface area contributed by atoms with E-state index in [4.69, 9.17) is 5.73 Å². The molecule has 6 heteroatoms. The van der Waals surface area contributed by atoms with Gasteiger partial charge >= 0.3 is 0 Å². The summed E-state index contributed by atoms with van der Waals surface area (Å²) < 4.78 is 0. The lowest BCUT2D eigenvalue weighted by atomic mass is 9.98. The van der Waals surface area contributed by atoms with E-state index in [0.717, 1.165) is 51.9 Å². The van der Waals surface area contributed by atoms with E-state index in [9.17, 15) is 9.70 Å². The average Bonchev–Trinajstić information content (AvgIpc) is 2.46. The van der Waals surface area contributed by atoms with Crippen LogP contribution in [0.2, 0.25) is 0 Å². The lowest BCUT2D eigenvalue weighted by Crippen LogP contribution is -2.51. The lowest BCUT2D eigenvalue weighted by molar-refractivity contribution is -0.133. The highest BCUT2D eigenvalue weighted by atomic mass is 16.3. The molecule has 2 aliphatic rings. The van der Waals surface area contributed by atoms with Gasteiger partial charge in [0.15, 0.2) is 0 Å². The van der Waals surface area contributed by atoms with Gasteiger partial charge in [0.05, 0.1) is 12.1 Å². The summed E-state index contributed by atoms with van der Waals surface area (Å²) in [6.07, 6.45) is 3.78. The predicted octanol–water partition coefficient (Wildman–Crippen LogP) is 0.555. The molecular weight excluding hydrogens is 244 g/mol. The first kappa shape index (κ1) is 14.4. The van der Waals surface area contributed by atoms with Crippen molar-refractivity contribution in [2.45, 2.75) is 50.7 Å². The van der Waals surface area contributed by atoms with E-state index in [1.165, 1.54) is 0 Å². The number of nitrogens with two attached hydrogens (primary N) is 1. The molecule has 2 saturated heterocycles. The number of hydrogen-bond donors (Lipinski definition) is 1. The Morgan fingerprint density at radius 2 is 1.74 bits per heavy atom. The molecule has 2 aliphatic heterocycles. The highest BCUT2D eigenvalue weighted by molar-refractivity contribution is 5.81. The third-order valence-electron chi connectivity index (χ3n) is 4.33. The number of piperidine rings is 2. The molecule has 2 rings (SSSR count). The Bertz CT molecular complexity index is 319. The predicted molar refractivity (Wildman–Crippen MR) is 73.6 cm³/mol. The monoisotopic (exact) mass is 268 g/mol. The third-order valence-corrected chi connectivity index (χ3v) is 4.33. The number of hydrogen-bond acceptors (Lipinski definition) is 5. The van der Waals surface area contributed by atoms with Crippen LogP contribution in [0, 0.1) is 4.91 Å². The summed E-state index contributed by atoms with van der Waals surface area (Å²) in [6.45, 7) is 5.27. The van der Waals surface area contributed by atoms with Crippen LogP contribution in [0.1, 0.15) is 32.6 Å². The van der Waals surface area contributed by atoms with Gasteiger partial charge in [-0.05, 0) is 32.6 Å². The van der Waals surface area contributed by atoms with Crippen molar-refractivity contribution in [1.82, 2.24) is 9.80 Å². The number of amides is 1. The zero-order valence-corrected chi connectivity index (χ0v) is 11.6. The van der Waals surface area contributed by atoms with Crippen LogP contribution in [0.4, 0.5) is 0 Å². The Labute approximate surface area is 114 Å². The largest absolute Gasteiger partial charge is 0.341 e. The van der Waals surface area contributed by atoms with Gasteiger partial charge in [-0.25, -0.2) is 0 Å². The number of rotatable bonds is 3. The molecule has 0 aliphatic carbocycles. The number of likely N-dealkylation sites (tertiary alicyclic amines) is 2. The van der Waals surface area contributed by atoms with Gasteiger partial charge < -0.3 is 15.5 Å². The second-order valence-corrected chi connectivity index (χ2v) is 5.72. The van der Waals surface area contributed by atoms with Crippen LogP contribution in [-0.4, -0.2) is 60.0 Å². The lowest BCUT2D eigenvalue weighted by Gasteiger charge is -2.41. The Hall–Kier alpha value is -1.01. The summed E-state index contributed by atoms with van der Waals surface area (Å²) in [6, 6.07) is 0.159. The molecule has 108 valence electrons. The quantitative estimate of drug-likeness (QED) is 0.758. The van der Waals surface area contributed by atoms with Crippen molar-refractivity contribution in [3.05, 3.63) is 4.91 Å². The van der Waals surface area contributed by atoms with Crippen molar-refractivity contribution in [2.24, 2.45) is 10.9 Å². The van der Waals surface area contributed by atoms with Crippen molar-refractivity contribution in [3.63, 3.8) is 0 Å². The molecule has 0 radical (unpaired) electrons. The fraction of sp³-hybridized carbons (Fsp3) is 0.923. The molecule has 0 aromatic heterocycles. The standard InChI is InChI=1S/C13H24N4O2/c1-10(14)13(18)17-8-4-12(5-9-17)16-6-2-11(15-19)3-7-16/h10-12H,2-9,14H2,1H3/t10-/m0/s1. The first-order chi connectivity index (χ1) is 9.11. The Morgan fingerprint density at radius 1 is 1.16 bits per heavy atom. The van der Waals surface area contributed by atoms with Gasteiger partial charge in [0.2, 0.25) is 5.91 Å². The molecule has 2 N–H and O–H groups in total. The zero-order valence-electron chi connectivity index (χ0n) is 11.6. The minimum atomic E-state index is -0.397. The molecule has 0 bridgehead atoms. The molecule has 6 nitrogen and oxygen atoms in total. The Balaban J connectivity index is 1.77. The summed E-state index contributed by atoms with van der Waals surface area (Å²) in [4.78, 5) is 26.6. The van der Waals surface area contributed by atoms with Gasteiger partial charge in [-0.1, -0.05) is 5.18 Å². The molecule has 0 spiro atoms. The minimum absolute atomic E-state index is 0.0102. The van der Waals surface area contributed by atoms with Crippen LogP contribution in [0.3, 0.4) is 0 Å². The second kappa shape index (κ2) is 6.43. The molecule has 2 heterocycles. The molecule has 0 unspecified atom stereocenters. The van der Waals surface area contributed by atoms with Crippen LogP contribution < -0.4 is 5.73 Å². The Morgan fingerprint density at radius 3 is 2.21 bits per heavy atom. The summed E-state index contributed by atoms with van der Waals surface area (Å²) in [5.74, 6) is 0.0577. The van der Waals surface area contributed by atoms with E-state index in [1.807, 2.05) is 4.90 Å². The van der Waals surface area contributed by atoms with E-state index in [1.54, 1.807) is 6.92 Å². The molecule has 0 saturated carbocycles. The van der Waals surface area contributed by atoms with Crippen LogP contribution in [0.5, 0.6) is 0 Å². The highest BCUT2D eigenvalue weighted by Crippen LogP contribution is 2.22. The topological polar surface area (TPSA) is 79.0 Å². The van der Waals surface area contributed by atoms with Gasteiger partial charge in [-0.3, -0.25) is 4.79 Å². The van der Waals surface area contributed by atoms with Crippen molar-refractivity contribution in [3.8, 4) is 0 Å². The van der Waals surface area contributed by atoms with E-state index in [0.29, 0.717) is 6.04 Å². The molecule has 0 aromatic carbocycles. The molecule has 1 atom stereocenters. The minimum Gasteiger partial charge on any atom is -0.341 e. The summed E-state index contributed by atoms with van der Waals surface area (Å²) in [7, 11) is 0. The van der Waals surface area contributed by atoms with E-state index in [2.05, 4.69) is 10.1 Å². The van der Waals surface area contributed by atoms with Crippen molar-refractivity contribution in [2.75, 3.05) is 26.2 Å². The first-order valence-corrected chi connectivity index (χ1v) is 7.22. The summed E-state index contributed by atoms with van der Waals surface area (Å²) in [5, 5.41) is 3.14. The van der Waals surface area contributed by atoms with Crippen LogP contribution >= 0.6 is 0 Å². The second-order valence-electron chi connectivity index (χ2n) is 5.72. The molecule has 0 aromatic rings. The highest BCUT2D eigenvalue weighted by Gasteiger charge is 2.30. The van der Waals surface area contributed by atoms with Crippen molar-refractivity contribution < 1.29 is 4.79 Å². The van der Waals surface area contributed by atoms with Crippen molar-refractivity contribution in [1.29, 1.82) is 0 Å². The number of carbonyl (C=O) groups is 1. The van der Waals surface area contributed by atoms with E-state index in [-0.39, 0.29) is 11.9 Å². The SMILES string of the molecule is C[C@H](N)C(=O)N1CCC(N2CCC(N=O)CC2)CC1. The maximum absolute atomic E-state index is 11.8. The molecular formula is C13H24N4O2. The molecule has 1 amide bonds. The fourth-order valence-electron chi connectivity index (χ4n) is 3.10. The smallest absolute Gasteiger partial charge is 0.239 e. The van der Waals surface area contributed by atoms with Crippen LogP contribution in [0.25, 0.3) is 0 Å². The van der Waals surface area contributed by atoms with E-state index < -0.39 is 6.04 Å². The van der Waals surface area contributed by atoms with E-state index >= 15 is 0 Å². The third kappa shape index (κ3) is 3.51. The van der Waals surface area contributed by atoms with Gasteiger partial charge in [-0.15, -0.1) is 0 Å². The maximum atomic E-state index is 11.8. The molecule has 2 fully saturated rings. The van der Waals surface area contributed by atoms with Crippen LogP contribution in [0.15, 0.2) is 5.18 Å². The Kier molecular flexibility index (Phi) is 4.87. The number of carbonyl (C=O) groups excluding carboxylic acids is 1. The normalized spacial score (nSPS) is 25.3. The number of nitroso groups, excluding NO2 is 1. The molecule has 19 heavy (non-hydrogen) atoms. The van der Waals surface area contributed by atoms with Gasteiger partial charge in [0.1, 0.15) is 0 Å². The fourth-order valence-corrected chi connectivity index (χ4v) is 3.10. The van der Waals surface area contributed by atoms with Gasteiger partial charge in [0.25, 0.3) is 0 Å².